The number of aromatic nitrogens is 3. The van der Waals surface area contributed by atoms with Gasteiger partial charge in [-0.05, 0) is 36.2 Å². The fourth-order valence-corrected chi connectivity index (χ4v) is 4.24. The van der Waals surface area contributed by atoms with Crippen molar-refractivity contribution in [3.8, 4) is 34.0 Å². The number of hydrogen-bond donors (Lipinski definition) is 2. The van der Waals surface area contributed by atoms with E-state index in [1.807, 2.05) is 23.9 Å². The van der Waals surface area contributed by atoms with Gasteiger partial charge in [0, 0.05) is 33.9 Å². The maximum atomic E-state index is 14.6. The molecule has 0 bridgehead atoms. The molecule has 9 heteroatoms. The van der Waals surface area contributed by atoms with E-state index in [9.17, 15) is 8.78 Å². The standard InChI is InChI=1S/C25H25F2N5OS/c1-3-15(2)34-18-7-5-17(6-8-18)22-13-30-25(28)24(31-22)23-11-21(32-33-23)19-9-4-16(10-20(19)27)12-29-14-26/h4-11,13,15,29H,3,12,14H2,1-2H3,(H2,28,30). The van der Waals surface area contributed by atoms with E-state index >= 15 is 0 Å². The van der Waals surface area contributed by atoms with Crippen molar-refractivity contribution in [3.63, 3.8) is 0 Å². The number of hydrogen-bond acceptors (Lipinski definition) is 7. The Hall–Kier alpha value is -3.30. The zero-order valence-corrected chi connectivity index (χ0v) is 19.7. The number of anilines is 1. The zero-order chi connectivity index (χ0) is 24.1. The van der Waals surface area contributed by atoms with Gasteiger partial charge in [0.1, 0.15) is 18.3 Å². The third-order valence-corrected chi connectivity index (χ3v) is 6.62. The van der Waals surface area contributed by atoms with Crippen LogP contribution in [-0.4, -0.2) is 27.2 Å². The molecule has 2 heterocycles. The molecule has 0 saturated heterocycles. The van der Waals surface area contributed by atoms with Crippen LogP contribution in [-0.2, 0) is 6.54 Å². The molecule has 34 heavy (non-hydrogen) atoms. The van der Waals surface area contributed by atoms with Crippen LogP contribution in [0.4, 0.5) is 14.6 Å². The van der Waals surface area contributed by atoms with Crippen molar-refractivity contribution >= 4 is 17.6 Å². The number of nitrogens with one attached hydrogen (secondary N) is 1. The van der Waals surface area contributed by atoms with Crippen LogP contribution in [0.5, 0.6) is 0 Å². The van der Waals surface area contributed by atoms with E-state index in [-0.39, 0.29) is 23.7 Å². The van der Waals surface area contributed by atoms with E-state index in [1.54, 1.807) is 24.4 Å². The average molecular weight is 482 g/mol. The fourth-order valence-electron chi connectivity index (χ4n) is 3.32. The van der Waals surface area contributed by atoms with Crippen LogP contribution in [0.3, 0.4) is 0 Å². The Morgan fingerprint density at radius 2 is 1.91 bits per heavy atom. The number of thioether (sulfide) groups is 1. The Bertz CT molecular complexity index is 1260. The number of nitrogens with zero attached hydrogens (tertiary/aromatic N) is 3. The van der Waals surface area contributed by atoms with Crippen LogP contribution in [0.1, 0.15) is 25.8 Å². The highest BCUT2D eigenvalue weighted by molar-refractivity contribution is 7.99. The number of rotatable bonds is 9. The quantitative estimate of drug-likeness (QED) is 0.221. The molecule has 1 atom stereocenters. The van der Waals surface area contributed by atoms with Gasteiger partial charge in [-0.25, -0.2) is 18.7 Å². The lowest BCUT2D eigenvalue weighted by atomic mass is 10.1. The molecule has 0 aliphatic heterocycles. The first-order chi connectivity index (χ1) is 16.5. The van der Waals surface area contributed by atoms with Gasteiger partial charge in [-0.15, -0.1) is 11.8 Å². The smallest absolute Gasteiger partial charge is 0.189 e. The van der Waals surface area contributed by atoms with Crippen molar-refractivity contribution in [2.45, 2.75) is 37.0 Å². The number of benzene rings is 2. The summed E-state index contributed by atoms with van der Waals surface area (Å²) in [7, 11) is 0. The second-order valence-electron chi connectivity index (χ2n) is 7.80. The second-order valence-corrected chi connectivity index (χ2v) is 9.31. The van der Waals surface area contributed by atoms with Crippen LogP contribution in [0.2, 0.25) is 0 Å². The molecule has 0 fully saturated rings. The Balaban J connectivity index is 1.59. The van der Waals surface area contributed by atoms with Crippen molar-refractivity contribution in [2.24, 2.45) is 0 Å². The number of alkyl halides is 1. The summed E-state index contributed by atoms with van der Waals surface area (Å²) in [4.78, 5) is 10.1. The number of halogens is 2. The summed E-state index contributed by atoms with van der Waals surface area (Å²) in [5.74, 6) is -0.0157. The monoisotopic (exact) mass is 481 g/mol. The highest BCUT2D eigenvalue weighted by atomic mass is 32.2. The third kappa shape index (κ3) is 5.43. The molecular formula is C25H25F2N5OS. The van der Waals surface area contributed by atoms with E-state index in [1.165, 1.54) is 11.0 Å². The predicted molar refractivity (Wildman–Crippen MR) is 131 cm³/mol. The summed E-state index contributed by atoms with van der Waals surface area (Å²) in [5, 5.41) is 7.05. The molecule has 0 saturated carbocycles. The van der Waals surface area contributed by atoms with Crippen LogP contribution >= 0.6 is 11.8 Å². The van der Waals surface area contributed by atoms with Gasteiger partial charge in [0.25, 0.3) is 0 Å². The zero-order valence-electron chi connectivity index (χ0n) is 18.9. The maximum absolute atomic E-state index is 14.6. The van der Waals surface area contributed by atoms with Crippen LogP contribution in [0.25, 0.3) is 34.0 Å². The van der Waals surface area contributed by atoms with Crippen LogP contribution < -0.4 is 11.1 Å². The second kappa shape index (κ2) is 10.8. The van der Waals surface area contributed by atoms with E-state index in [0.717, 1.165) is 12.0 Å². The van der Waals surface area contributed by atoms with Crippen LogP contribution in [0.15, 0.2) is 64.1 Å². The molecule has 2 aromatic heterocycles. The van der Waals surface area contributed by atoms with Gasteiger partial charge in [0.15, 0.2) is 17.3 Å². The largest absolute Gasteiger partial charge is 0.382 e. The average Bonchev–Trinajstić information content (AvgIpc) is 3.33. The molecule has 6 nitrogen and oxygen atoms in total. The third-order valence-electron chi connectivity index (χ3n) is 5.34. The minimum Gasteiger partial charge on any atom is -0.382 e. The van der Waals surface area contributed by atoms with Gasteiger partial charge < -0.3 is 10.3 Å². The van der Waals surface area contributed by atoms with Gasteiger partial charge in [0.2, 0.25) is 0 Å². The first kappa shape index (κ1) is 23.8. The Labute approximate surface area is 201 Å². The molecule has 2 aromatic carbocycles. The highest BCUT2D eigenvalue weighted by Gasteiger charge is 2.17. The Morgan fingerprint density at radius 1 is 1.12 bits per heavy atom. The van der Waals surface area contributed by atoms with Crippen molar-refractivity contribution in [2.75, 3.05) is 12.5 Å². The van der Waals surface area contributed by atoms with E-state index < -0.39 is 12.6 Å². The molecule has 4 rings (SSSR count). The molecule has 0 spiro atoms. The SMILES string of the molecule is CCC(C)Sc1ccc(-c2cnc(N)c(-c3cc(-c4ccc(CNCF)cc4F)no3)n2)cc1. The lowest BCUT2D eigenvalue weighted by molar-refractivity contribution is 0.424. The highest BCUT2D eigenvalue weighted by Crippen LogP contribution is 2.32. The van der Waals surface area contributed by atoms with Crippen LogP contribution in [0, 0.1) is 5.82 Å². The molecule has 176 valence electrons. The molecule has 0 amide bonds. The summed E-state index contributed by atoms with van der Waals surface area (Å²) in [6, 6.07) is 14.3. The number of nitrogens with two attached hydrogens (primary N) is 1. The minimum absolute atomic E-state index is 0.184. The van der Waals surface area contributed by atoms with Crippen molar-refractivity contribution in [3.05, 3.63) is 66.1 Å². The Morgan fingerprint density at radius 3 is 2.62 bits per heavy atom. The van der Waals surface area contributed by atoms with Gasteiger partial charge in [-0.1, -0.05) is 37.2 Å². The molecule has 4 aromatic rings. The fraction of sp³-hybridized carbons (Fsp3) is 0.240. The molecular weight excluding hydrogens is 456 g/mol. The van der Waals surface area contributed by atoms with E-state index in [2.05, 4.69) is 46.4 Å². The van der Waals surface area contributed by atoms with Gasteiger partial charge in [-0.3, -0.25) is 5.32 Å². The molecule has 0 aliphatic carbocycles. The summed E-state index contributed by atoms with van der Waals surface area (Å²) < 4.78 is 32.3. The summed E-state index contributed by atoms with van der Waals surface area (Å²) in [5.41, 5.74) is 9.11. The first-order valence-electron chi connectivity index (χ1n) is 10.9. The summed E-state index contributed by atoms with van der Waals surface area (Å²) in [6.07, 6.45) is 2.71. The Kier molecular flexibility index (Phi) is 7.54. The van der Waals surface area contributed by atoms with Gasteiger partial charge in [-0.2, -0.15) is 0 Å². The molecule has 1 unspecified atom stereocenters. The normalized spacial score (nSPS) is 12.1. The van der Waals surface area contributed by atoms with Gasteiger partial charge in [0.05, 0.1) is 11.9 Å². The minimum atomic E-state index is -0.682. The van der Waals surface area contributed by atoms with Crippen molar-refractivity contribution in [1.29, 1.82) is 0 Å². The summed E-state index contributed by atoms with van der Waals surface area (Å²) >= 11 is 1.83. The molecule has 3 N–H and O–H groups in total. The van der Waals surface area contributed by atoms with Crippen molar-refractivity contribution in [1.82, 2.24) is 20.4 Å². The topological polar surface area (TPSA) is 89.9 Å². The number of nitrogen functional groups attached to an aromatic ring is 1. The van der Waals surface area contributed by atoms with Gasteiger partial charge >= 0.3 is 0 Å². The maximum Gasteiger partial charge on any atom is 0.189 e. The molecule has 0 aliphatic rings. The van der Waals surface area contributed by atoms with Crippen molar-refractivity contribution < 1.29 is 13.3 Å². The molecule has 0 radical (unpaired) electrons. The van der Waals surface area contributed by atoms with E-state index in [4.69, 9.17) is 10.3 Å². The predicted octanol–water partition coefficient (Wildman–Crippen LogP) is 6.09. The van der Waals surface area contributed by atoms with E-state index in [0.29, 0.717) is 27.9 Å². The lowest BCUT2D eigenvalue weighted by Crippen LogP contribution is -2.10. The summed E-state index contributed by atoms with van der Waals surface area (Å²) in [6.45, 7) is 3.92. The first-order valence-corrected chi connectivity index (χ1v) is 11.8. The lowest BCUT2D eigenvalue weighted by Gasteiger charge is -2.09.